The van der Waals surface area contributed by atoms with Crippen molar-refractivity contribution in [3.8, 4) is 0 Å². The summed E-state index contributed by atoms with van der Waals surface area (Å²) in [4.78, 5) is 28.5. The van der Waals surface area contributed by atoms with Crippen molar-refractivity contribution in [1.29, 1.82) is 0 Å². The molecule has 3 rings (SSSR count). The summed E-state index contributed by atoms with van der Waals surface area (Å²) in [7, 11) is -3.66. The zero-order chi connectivity index (χ0) is 20.3. The number of rotatable bonds is 5. The van der Waals surface area contributed by atoms with Gasteiger partial charge in [-0.1, -0.05) is 31.9 Å². The van der Waals surface area contributed by atoms with Gasteiger partial charge in [0.15, 0.2) is 6.10 Å². The molecule has 8 nitrogen and oxygen atoms in total. The average molecular weight is 407 g/mol. The molecule has 1 aromatic rings. The molecule has 1 fully saturated rings. The molecular weight excluding hydrogens is 382 g/mol. The molecule has 28 heavy (non-hydrogen) atoms. The van der Waals surface area contributed by atoms with Gasteiger partial charge in [-0.05, 0) is 37.8 Å². The van der Waals surface area contributed by atoms with E-state index in [0.717, 1.165) is 19.3 Å². The van der Waals surface area contributed by atoms with Crippen molar-refractivity contribution in [3.63, 3.8) is 0 Å². The molecule has 1 aliphatic carbocycles. The number of esters is 1. The fourth-order valence-electron chi connectivity index (χ4n) is 3.51. The number of sulfonamides is 1. The smallest absolute Gasteiger partial charge is 0.328 e. The summed E-state index contributed by atoms with van der Waals surface area (Å²) in [6.45, 7) is 3.24. The number of amides is 1. The van der Waals surface area contributed by atoms with Crippen LogP contribution in [0.15, 0.2) is 34.2 Å². The van der Waals surface area contributed by atoms with Crippen LogP contribution in [0.4, 0.5) is 0 Å². The van der Waals surface area contributed by atoms with Gasteiger partial charge in [0.05, 0.1) is 4.90 Å². The summed E-state index contributed by atoms with van der Waals surface area (Å²) in [5, 5.41) is 2.95. The minimum Gasteiger partial charge on any atom is -0.451 e. The minimum atomic E-state index is -3.66. The van der Waals surface area contributed by atoms with Crippen LogP contribution in [0.25, 0.3) is 0 Å². The molecule has 2 N–H and O–H groups in total. The topological polar surface area (TPSA) is 114 Å². The van der Waals surface area contributed by atoms with Gasteiger partial charge in [-0.3, -0.25) is 19.3 Å². The van der Waals surface area contributed by atoms with Crippen LogP contribution in [-0.4, -0.2) is 44.8 Å². The van der Waals surface area contributed by atoms with Crippen molar-refractivity contribution in [1.82, 2.24) is 10.0 Å². The van der Waals surface area contributed by atoms with Crippen LogP contribution in [0.5, 0.6) is 0 Å². The quantitative estimate of drug-likeness (QED) is 0.715. The number of carbonyl (C=O) groups is 2. The van der Waals surface area contributed by atoms with Crippen molar-refractivity contribution in [2.75, 3.05) is 6.54 Å². The number of carbonyl (C=O) groups excluding carboxylic acids is 2. The van der Waals surface area contributed by atoms with E-state index in [1.54, 1.807) is 18.2 Å². The van der Waals surface area contributed by atoms with Crippen LogP contribution < -0.4 is 10.0 Å². The van der Waals surface area contributed by atoms with E-state index < -0.39 is 22.1 Å². The van der Waals surface area contributed by atoms with E-state index in [1.807, 2.05) is 0 Å². The van der Waals surface area contributed by atoms with Gasteiger partial charge in [-0.15, -0.1) is 0 Å². The lowest BCUT2D eigenvalue weighted by Crippen LogP contribution is -2.46. The zero-order valence-corrected chi connectivity index (χ0v) is 16.8. The number of fused-ring (bicyclic) bond motifs is 1. The van der Waals surface area contributed by atoms with Crippen LogP contribution in [0.2, 0.25) is 0 Å². The van der Waals surface area contributed by atoms with E-state index in [4.69, 9.17) is 4.74 Å². The summed E-state index contributed by atoms with van der Waals surface area (Å²) in [5.41, 5.74) is 0.410. The lowest BCUT2D eigenvalue weighted by atomic mass is 9.86. The standard InChI is InChI=1S/C19H25N3O5S/c1-12-7-3-5-9-15(12)21-19(24)13(2)27-17(23)11-20-18-14-8-4-6-10-16(14)28(25,26)22-18/h4,6,8,10,12-13,15H,3,5,7,9,11H2,1-2H3,(H,20,22)(H,21,24)/t12-,13+,15-/m0/s1. The maximum atomic E-state index is 12.3. The van der Waals surface area contributed by atoms with Crippen LogP contribution in [0.3, 0.4) is 0 Å². The summed E-state index contributed by atoms with van der Waals surface area (Å²) >= 11 is 0. The Bertz CT molecular complexity index is 897. The van der Waals surface area contributed by atoms with Crippen LogP contribution >= 0.6 is 0 Å². The van der Waals surface area contributed by atoms with Crippen molar-refractivity contribution in [2.24, 2.45) is 10.9 Å². The first-order valence-corrected chi connectivity index (χ1v) is 10.9. The van der Waals surface area contributed by atoms with Gasteiger partial charge in [0.25, 0.3) is 15.9 Å². The Morgan fingerprint density at radius 1 is 1.29 bits per heavy atom. The number of amidine groups is 1. The normalized spacial score (nSPS) is 25.4. The number of nitrogens with zero attached hydrogens (tertiary/aromatic N) is 1. The lowest BCUT2D eigenvalue weighted by Gasteiger charge is -2.30. The highest BCUT2D eigenvalue weighted by Gasteiger charge is 2.30. The molecular formula is C19H25N3O5S. The van der Waals surface area contributed by atoms with Gasteiger partial charge in [0.1, 0.15) is 12.4 Å². The maximum Gasteiger partial charge on any atom is 0.328 e. The Kier molecular flexibility index (Phi) is 6.02. The number of ether oxygens (including phenoxy) is 1. The minimum absolute atomic E-state index is 0.0979. The number of hydrogen-bond donors (Lipinski definition) is 2. The monoisotopic (exact) mass is 407 g/mol. The predicted molar refractivity (Wildman–Crippen MR) is 103 cm³/mol. The van der Waals surface area contributed by atoms with E-state index in [0.29, 0.717) is 11.5 Å². The Hall–Kier alpha value is -2.42. The van der Waals surface area contributed by atoms with Crippen molar-refractivity contribution in [2.45, 2.75) is 56.6 Å². The largest absolute Gasteiger partial charge is 0.451 e. The third-order valence-corrected chi connectivity index (χ3v) is 6.54. The number of aliphatic imine (C=N–C) groups is 1. The first kappa shape index (κ1) is 20.3. The first-order chi connectivity index (χ1) is 13.3. The van der Waals surface area contributed by atoms with Crippen LogP contribution in [0.1, 0.15) is 45.1 Å². The number of hydrogen-bond acceptors (Lipinski definition) is 6. The number of nitrogens with one attached hydrogen (secondary N) is 2. The Balaban J connectivity index is 1.56. The summed E-state index contributed by atoms with van der Waals surface area (Å²) in [6, 6.07) is 6.48. The van der Waals surface area contributed by atoms with Gasteiger partial charge in [-0.25, -0.2) is 8.42 Å². The predicted octanol–water partition coefficient (Wildman–Crippen LogP) is 1.35. The molecule has 0 bridgehead atoms. The molecule has 1 amide bonds. The maximum absolute atomic E-state index is 12.3. The fourth-order valence-corrected chi connectivity index (χ4v) is 4.76. The molecule has 1 saturated carbocycles. The fraction of sp³-hybridized carbons (Fsp3) is 0.526. The molecule has 0 saturated heterocycles. The summed E-state index contributed by atoms with van der Waals surface area (Å²) in [6.07, 6.45) is 3.33. The van der Waals surface area contributed by atoms with Crippen molar-refractivity contribution in [3.05, 3.63) is 29.8 Å². The van der Waals surface area contributed by atoms with Crippen molar-refractivity contribution >= 4 is 27.7 Å². The molecule has 1 aromatic carbocycles. The molecule has 3 atom stereocenters. The van der Waals surface area contributed by atoms with E-state index in [-0.39, 0.29) is 29.2 Å². The lowest BCUT2D eigenvalue weighted by molar-refractivity contribution is -0.153. The van der Waals surface area contributed by atoms with Gasteiger partial charge in [0.2, 0.25) is 0 Å². The Labute approximate surface area is 164 Å². The molecule has 152 valence electrons. The third kappa shape index (κ3) is 4.52. The third-order valence-electron chi connectivity index (χ3n) is 5.15. The molecule has 9 heteroatoms. The highest BCUT2D eigenvalue weighted by molar-refractivity contribution is 7.90. The second-order valence-corrected chi connectivity index (χ2v) is 8.93. The molecule has 0 aromatic heterocycles. The van der Waals surface area contributed by atoms with Gasteiger partial charge < -0.3 is 10.1 Å². The van der Waals surface area contributed by atoms with Crippen LogP contribution in [0, 0.1) is 5.92 Å². The second kappa shape index (κ2) is 8.30. The van der Waals surface area contributed by atoms with E-state index in [2.05, 4.69) is 22.0 Å². The van der Waals surface area contributed by atoms with E-state index in [1.165, 1.54) is 19.4 Å². The molecule has 0 spiro atoms. The van der Waals surface area contributed by atoms with Crippen LogP contribution in [-0.2, 0) is 24.3 Å². The second-order valence-electron chi connectivity index (χ2n) is 7.28. The Morgan fingerprint density at radius 2 is 2.00 bits per heavy atom. The van der Waals surface area contributed by atoms with Gasteiger partial charge in [-0.2, -0.15) is 0 Å². The molecule has 0 radical (unpaired) electrons. The highest BCUT2D eigenvalue weighted by Crippen LogP contribution is 2.24. The molecule has 2 aliphatic rings. The Morgan fingerprint density at radius 3 is 2.75 bits per heavy atom. The van der Waals surface area contributed by atoms with E-state index in [9.17, 15) is 18.0 Å². The molecule has 1 heterocycles. The average Bonchev–Trinajstić information content (AvgIpc) is 2.92. The van der Waals surface area contributed by atoms with Gasteiger partial charge in [0, 0.05) is 11.6 Å². The number of benzene rings is 1. The molecule has 1 aliphatic heterocycles. The summed E-state index contributed by atoms with van der Waals surface area (Å²) in [5.74, 6) is -0.523. The first-order valence-electron chi connectivity index (χ1n) is 9.44. The SMILES string of the molecule is C[C@@H](OC(=O)CN=C1NS(=O)(=O)c2ccccc21)C(=O)N[C@H]1CCCC[C@@H]1C. The van der Waals surface area contributed by atoms with Crippen molar-refractivity contribution < 1.29 is 22.7 Å². The van der Waals surface area contributed by atoms with E-state index >= 15 is 0 Å². The van der Waals surface area contributed by atoms with Gasteiger partial charge >= 0.3 is 5.97 Å². The zero-order valence-electron chi connectivity index (χ0n) is 16.0. The highest BCUT2D eigenvalue weighted by atomic mass is 32.2. The molecule has 0 unspecified atom stereocenters. The summed E-state index contributed by atoms with van der Waals surface area (Å²) < 4.78 is 31.5.